The zero-order valence-corrected chi connectivity index (χ0v) is 13.8. The Balaban J connectivity index is 1.63. The van der Waals surface area contributed by atoms with Crippen LogP contribution in [0.25, 0.3) is 11.1 Å². The molecule has 0 atom stereocenters. The molecular weight excluding hydrogens is 362 g/mol. The number of amides is 1. The van der Waals surface area contributed by atoms with Gasteiger partial charge in [0.2, 0.25) is 5.91 Å². The van der Waals surface area contributed by atoms with Crippen LogP contribution in [0.2, 0.25) is 10.0 Å². The number of carbonyl (C=O) groups is 1. The molecule has 118 valence electrons. The maximum atomic E-state index is 13.6. The van der Waals surface area contributed by atoms with Gasteiger partial charge in [-0.25, -0.2) is 9.37 Å². The summed E-state index contributed by atoms with van der Waals surface area (Å²) in [6.45, 7) is 0. The highest BCUT2D eigenvalue weighted by molar-refractivity contribution is 7.99. The molecule has 0 radical (unpaired) electrons. The quantitative estimate of drug-likeness (QED) is 0.656. The first-order chi connectivity index (χ1) is 11.0. The standard InChI is InChI=1S/C15H9Cl2FN2O2S/c16-8-1-3-11(10(18)5-8)19-14(21)7-23-15-20-12-6-9(17)2-4-13(12)22-15/h1-6H,7H2,(H,19,21). The summed E-state index contributed by atoms with van der Waals surface area (Å²) in [5, 5.41) is 3.63. The number of fused-ring (bicyclic) bond motifs is 1. The van der Waals surface area contributed by atoms with Gasteiger partial charge in [-0.15, -0.1) is 0 Å². The summed E-state index contributed by atoms with van der Waals surface area (Å²) < 4.78 is 19.1. The van der Waals surface area contributed by atoms with Gasteiger partial charge in [-0.1, -0.05) is 35.0 Å². The van der Waals surface area contributed by atoms with E-state index in [-0.39, 0.29) is 22.4 Å². The van der Waals surface area contributed by atoms with E-state index in [2.05, 4.69) is 10.3 Å². The van der Waals surface area contributed by atoms with Crippen molar-refractivity contribution in [2.45, 2.75) is 5.22 Å². The second kappa shape index (κ2) is 6.78. The molecule has 0 saturated heterocycles. The first-order valence-corrected chi connectivity index (χ1v) is 8.19. The van der Waals surface area contributed by atoms with Gasteiger partial charge in [0, 0.05) is 10.0 Å². The fourth-order valence-electron chi connectivity index (χ4n) is 1.85. The highest BCUT2D eigenvalue weighted by Gasteiger charge is 2.11. The molecule has 23 heavy (non-hydrogen) atoms. The molecule has 1 amide bonds. The lowest BCUT2D eigenvalue weighted by Gasteiger charge is -2.05. The van der Waals surface area contributed by atoms with Gasteiger partial charge in [-0.2, -0.15) is 0 Å². The van der Waals surface area contributed by atoms with Crippen LogP contribution >= 0.6 is 35.0 Å². The van der Waals surface area contributed by atoms with Crippen molar-refractivity contribution in [2.75, 3.05) is 11.1 Å². The van der Waals surface area contributed by atoms with Gasteiger partial charge < -0.3 is 9.73 Å². The first-order valence-electron chi connectivity index (χ1n) is 6.45. The molecule has 3 rings (SSSR count). The lowest BCUT2D eigenvalue weighted by molar-refractivity contribution is -0.113. The topological polar surface area (TPSA) is 55.1 Å². The summed E-state index contributed by atoms with van der Waals surface area (Å²) in [4.78, 5) is 16.1. The van der Waals surface area contributed by atoms with Crippen LogP contribution in [-0.2, 0) is 4.79 Å². The van der Waals surface area contributed by atoms with Crippen LogP contribution in [0.15, 0.2) is 46.0 Å². The van der Waals surface area contributed by atoms with Crippen molar-refractivity contribution in [3.8, 4) is 0 Å². The number of thioether (sulfide) groups is 1. The monoisotopic (exact) mass is 370 g/mol. The Bertz CT molecular complexity index is 885. The number of hydrogen-bond donors (Lipinski definition) is 1. The van der Waals surface area contributed by atoms with Gasteiger partial charge >= 0.3 is 0 Å². The maximum Gasteiger partial charge on any atom is 0.257 e. The fraction of sp³-hybridized carbons (Fsp3) is 0.0667. The molecule has 0 aliphatic heterocycles. The van der Waals surface area contributed by atoms with Crippen LogP contribution in [0.1, 0.15) is 0 Å². The number of aromatic nitrogens is 1. The van der Waals surface area contributed by atoms with Gasteiger partial charge in [-0.3, -0.25) is 4.79 Å². The summed E-state index contributed by atoms with van der Waals surface area (Å²) in [7, 11) is 0. The summed E-state index contributed by atoms with van der Waals surface area (Å²) >= 11 is 12.6. The third-order valence-corrected chi connectivity index (χ3v) is 4.16. The molecule has 1 heterocycles. The summed E-state index contributed by atoms with van der Waals surface area (Å²) in [5.74, 6) is -0.938. The number of nitrogens with one attached hydrogen (secondary N) is 1. The Morgan fingerprint density at radius 1 is 1.22 bits per heavy atom. The largest absolute Gasteiger partial charge is 0.431 e. The normalized spacial score (nSPS) is 10.9. The van der Waals surface area contributed by atoms with Gasteiger partial charge in [0.25, 0.3) is 5.22 Å². The zero-order valence-electron chi connectivity index (χ0n) is 11.5. The second-order valence-corrected chi connectivity index (χ2v) is 6.35. The van der Waals surface area contributed by atoms with E-state index in [4.69, 9.17) is 27.6 Å². The molecule has 2 aromatic carbocycles. The molecule has 1 N–H and O–H groups in total. The Hall–Kier alpha value is -1.76. The van der Waals surface area contributed by atoms with Crippen molar-refractivity contribution >= 4 is 57.7 Å². The van der Waals surface area contributed by atoms with Crippen LogP contribution < -0.4 is 5.32 Å². The second-order valence-electron chi connectivity index (χ2n) is 4.55. The zero-order chi connectivity index (χ0) is 16.4. The van der Waals surface area contributed by atoms with E-state index < -0.39 is 5.82 Å². The van der Waals surface area contributed by atoms with Gasteiger partial charge in [-0.05, 0) is 36.4 Å². The molecule has 0 bridgehead atoms. The van der Waals surface area contributed by atoms with E-state index in [0.717, 1.165) is 17.8 Å². The molecule has 0 aliphatic carbocycles. The molecule has 4 nitrogen and oxygen atoms in total. The van der Waals surface area contributed by atoms with Crippen LogP contribution in [0.3, 0.4) is 0 Å². The first kappa shape index (κ1) is 16.1. The Morgan fingerprint density at radius 3 is 2.74 bits per heavy atom. The average molecular weight is 371 g/mol. The molecule has 0 fully saturated rings. The highest BCUT2D eigenvalue weighted by atomic mass is 35.5. The molecule has 0 saturated carbocycles. The predicted molar refractivity (Wildman–Crippen MR) is 89.8 cm³/mol. The Kier molecular flexibility index (Phi) is 4.75. The number of hydrogen-bond acceptors (Lipinski definition) is 4. The number of nitrogens with zero attached hydrogens (tertiary/aromatic N) is 1. The predicted octanol–water partition coefficient (Wildman–Crippen LogP) is 5.00. The van der Waals surface area contributed by atoms with Crippen LogP contribution in [0, 0.1) is 5.82 Å². The number of halogens is 3. The van der Waals surface area contributed by atoms with Crippen molar-refractivity contribution in [1.29, 1.82) is 0 Å². The van der Waals surface area contributed by atoms with Crippen molar-refractivity contribution in [2.24, 2.45) is 0 Å². The molecule has 8 heteroatoms. The van der Waals surface area contributed by atoms with E-state index in [9.17, 15) is 9.18 Å². The summed E-state index contributed by atoms with van der Waals surface area (Å²) in [6.07, 6.45) is 0. The van der Waals surface area contributed by atoms with E-state index in [1.54, 1.807) is 18.2 Å². The van der Waals surface area contributed by atoms with E-state index in [1.807, 2.05) is 0 Å². The number of rotatable bonds is 4. The molecule has 0 aliphatic rings. The Morgan fingerprint density at radius 2 is 1.96 bits per heavy atom. The van der Waals surface area contributed by atoms with Crippen molar-refractivity contribution in [1.82, 2.24) is 4.98 Å². The fourth-order valence-corrected chi connectivity index (χ4v) is 2.81. The third kappa shape index (κ3) is 3.96. The lowest BCUT2D eigenvalue weighted by atomic mass is 10.3. The van der Waals surface area contributed by atoms with Gasteiger partial charge in [0.05, 0.1) is 11.4 Å². The minimum absolute atomic E-state index is 0.0304. The van der Waals surface area contributed by atoms with Crippen molar-refractivity contribution in [3.05, 3.63) is 52.3 Å². The molecule has 0 unspecified atom stereocenters. The van der Waals surface area contributed by atoms with Crippen LogP contribution in [0.5, 0.6) is 0 Å². The molecule has 1 aromatic heterocycles. The average Bonchev–Trinajstić information content (AvgIpc) is 2.90. The number of anilines is 1. The smallest absolute Gasteiger partial charge is 0.257 e. The van der Waals surface area contributed by atoms with E-state index in [0.29, 0.717) is 21.3 Å². The molecule has 3 aromatic rings. The third-order valence-electron chi connectivity index (χ3n) is 2.86. The number of oxazole rings is 1. The Labute approximate surface area is 145 Å². The summed E-state index contributed by atoms with van der Waals surface area (Å²) in [6, 6.07) is 9.11. The van der Waals surface area contributed by atoms with Crippen LogP contribution in [-0.4, -0.2) is 16.6 Å². The molecule has 0 spiro atoms. The number of carbonyl (C=O) groups excluding carboxylic acids is 1. The van der Waals surface area contributed by atoms with E-state index >= 15 is 0 Å². The van der Waals surface area contributed by atoms with Crippen molar-refractivity contribution < 1.29 is 13.6 Å². The lowest BCUT2D eigenvalue weighted by Crippen LogP contribution is -2.15. The van der Waals surface area contributed by atoms with Gasteiger partial charge in [0.1, 0.15) is 11.3 Å². The minimum atomic E-state index is -0.590. The van der Waals surface area contributed by atoms with E-state index in [1.165, 1.54) is 12.1 Å². The number of benzene rings is 2. The summed E-state index contributed by atoms with van der Waals surface area (Å²) in [5.41, 5.74) is 1.27. The van der Waals surface area contributed by atoms with Crippen LogP contribution in [0.4, 0.5) is 10.1 Å². The van der Waals surface area contributed by atoms with Crippen molar-refractivity contribution in [3.63, 3.8) is 0 Å². The van der Waals surface area contributed by atoms with Gasteiger partial charge in [0.15, 0.2) is 5.58 Å². The maximum absolute atomic E-state index is 13.6. The SMILES string of the molecule is O=C(CSc1nc2cc(Cl)ccc2o1)Nc1ccc(Cl)cc1F. The molecular formula is C15H9Cl2FN2O2S. The highest BCUT2D eigenvalue weighted by Crippen LogP contribution is 2.26. The minimum Gasteiger partial charge on any atom is -0.431 e.